The van der Waals surface area contributed by atoms with Crippen molar-refractivity contribution in [1.82, 2.24) is 20.0 Å². The summed E-state index contributed by atoms with van der Waals surface area (Å²) in [6.45, 7) is 5.66. The van der Waals surface area contributed by atoms with Crippen LogP contribution in [0.25, 0.3) is 0 Å². The minimum Gasteiger partial charge on any atom is -0.312 e. The smallest absolute Gasteiger partial charge is 0.0638 e. The first-order valence-electron chi connectivity index (χ1n) is 7.70. The number of nitrogens with one attached hydrogen (secondary N) is 1. The van der Waals surface area contributed by atoms with Gasteiger partial charge in [-0.25, -0.2) is 0 Å². The van der Waals surface area contributed by atoms with Gasteiger partial charge in [-0.2, -0.15) is 5.10 Å². The van der Waals surface area contributed by atoms with Gasteiger partial charge in [0.15, 0.2) is 0 Å². The van der Waals surface area contributed by atoms with Crippen LogP contribution in [0.4, 0.5) is 0 Å². The lowest BCUT2D eigenvalue weighted by Gasteiger charge is -2.39. The standard InChI is InChI=1S/C15H26N4/c1-12-13(10-18(2)17-12)11-19-9-4-3-7-15(19)14-6-5-8-16-14/h10,14-16H,3-9,11H2,1-2H3. The highest BCUT2D eigenvalue weighted by Crippen LogP contribution is 2.26. The Morgan fingerprint density at radius 3 is 2.89 bits per heavy atom. The lowest BCUT2D eigenvalue weighted by molar-refractivity contribution is 0.112. The van der Waals surface area contributed by atoms with E-state index < -0.39 is 0 Å². The second-order valence-corrected chi connectivity index (χ2v) is 6.15. The van der Waals surface area contributed by atoms with E-state index in [1.54, 1.807) is 0 Å². The Labute approximate surface area is 116 Å². The average molecular weight is 262 g/mol. The molecular weight excluding hydrogens is 236 g/mol. The van der Waals surface area contributed by atoms with Gasteiger partial charge in [0.2, 0.25) is 0 Å². The molecule has 4 nitrogen and oxygen atoms in total. The molecule has 19 heavy (non-hydrogen) atoms. The van der Waals surface area contributed by atoms with Crippen molar-refractivity contribution in [2.24, 2.45) is 7.05 Å². The number of rotatable bonds is 3. The molecule has 2 fully saturated rings. The van der Waals surface area contributed by atoms with Gasteiger partial charge in [-0.05, 0) is 45.7 Å². The summed E-state index contributed by atoms with van der Waals surface area (Å²) in [5, 5.41) is 8.17. The zero-order valence-corrected chi connectivity index (χ0v) is 12.2. The van der Waals surface area contributed by atoms with Gasteiger partial charge in [-0.3, -0.25) is 9.58 Å². The monoisotopic (exact) mass is 262 g/mol. The Bertz CT molecular complexity index is 420. The molecular formula is C15H26N4. The number of likely N-dealkylation sites (tertiary alicyclic amines) is 1. The Hall–Kier alpha value is -0.870. The van der Waals surface area contributed by atoms with Crippen molar-refractivity contribution in [2.75, 3.05) is 13.1 Å². The minimum absolute atomic E-state index is 0.720. The predicted octanol–water partition coefficient (Wildman–Crippen LogP) is 1.84. The number of nitrogens with zero attached hydrogens (tertiary/aromatic N) is 3. The van der Waals surface area contributed by atoms with Gasteiger partial charge in [0.05, 0.1) is 5.69 Å². The largest absolute Gasteiger partial charge is 0.312 e. The van der Waals surface area contributed by atoms with Crippen molar-refractivity contribution in [3.05, 3.63) is 17.5 Å². The van der Waals surface area contributed by atoms with E-state index in [1.807, 2.05) is 11.7 Å². The highest BCUT2D eigenvalue weighted by Gasteiger charge is 2.31. The van der Waals surface area contributed by atoms with E-state index in [9.17, 15) is 0 Å². The van der Waals surface area contributed by atoms with Crippen molar-refractivity contribution in [1.29, 1.82) is 0 Å². The summed E-state index contributed by atoms with van der Waals surface area (Å²) in [4.78, 5) is 2.69. The SMILES string of the molecule is Cc1nn(C)cc1CN1CCCCC1C1CCCN1. The summed E-state index contributed by atoms with van der Waals surface area (Å²) in [5.74, 6) is 0. The third-order valence-corrected chi connectivity index (χ3v) is 4.72. The molecule has 2 aliphatic rings. The van der Waals surface area contributed by atoms with E-state index in [-0.39, 0.29) is 0 Å². The van der Waals surface area contributed by atoms with Crippen LogP contribution >= 0.6 is 0 Å². The Morgan fingerprint density at radius 1 is 1.32 bits per heavy atom. The molecule has 1 aromatic heterocycles. The fourth-order valence-electron chi connectivity index (χ4n) is 3.73. The molecule has 0 spiro atoms. The van der Waals surface area contributed by atoms with E-state index in [0.717, 1.165) is 18.6 Å². The normalized spacial score (nSPS) is 28.9. The third kappa shape index (κ3) is 2.84. The van der Waals surface area contributed by atoms with Crippen molar-refractivity contribution in [3.8, 4) is 0 Å². The number of aromatic nitrogens is 2. The van der Waals surface area contributed by atoms with E-state index >= 15 is 0 Å². The lowest BCUT2D eigenvalue weighted by Crippen LogP contribution is -2.49. The fraction of sp³-hybridized carbons (Fsp3) is 0.800. The van der Waals surface area contributed by atoms with Gasteiger partial charge in [0, 0.05) is 37.4 Å². The molecule has 2 saturated heterocycles. The van der Waals surface area contributed by atoms with Crippen LogP contribution in [0.15, 0.2) is 6.20 Å². The number of hydrogen-bond acceptors (Lipinski definition) is 3. The lowest BCUT2D eigenvalue weighted by atomic mass is 9.94. The summed E-state index contributed by atoms with van der Waals surface area (Å²) < 4.78 is 1.94. The Morgan fingerprint density at radius 2 is 2.21 bits per heavy atom. The van der Waals surface area contributed by atoms with Gasteiger partial charge in [-0.1, -0.05) is 6.42 Å². The quantitative estimate of drug-likeness (QED) is 0.902. The molecule has 0 amide bonds. The molecule has 0 aromatic carbocycles. The Balaban J connectivity index is 1.71. The maximum absolute atomic E-state index is 4.47. The molecule has 2 aliphatic heterocycles. The first-order valence-corrected chi connectivity index (χ1v) is 7.70. The molecule has 2 unspecified atom stereocenters. The maximum atomic E-state index is 4.47. The van der Waals surface area contributed by atoms with Crippen molar-refractivity contribution in [3.63, 3.8) is 0 Å². The number of piperidine rings is 1. The van der Waals surface area contributed by atoms with Crippen LogP contribution in [0.3, 0.4) is 0 Å². The fourth-order valence-corrected chi connectivity index (χ4v) is 3.73. The molecule has 4 heteroatoms. The topological polar surface area (TPSA) is 33.1 Å². The van der Waals surface area contributed by atoms with Gasteiger partial charge >= 0.3 is 0 Å². The molecule has 0 bridgehead atoms. The molecule has 0 aliphatic carbocycles. The first-order chi connectivity index (χ1) is 9.24. The van der Waals surface area contributed by atoms with Gasteiger partial charge in [-0.15, -0.1) is 0 Å². The predicted molar refractivity (Wildman–Crippen MR) is 77.0 cm³/mol. The van der Waals surface area contributed by atoms with Crippen LogP contribution in [-0.2, 0) is 13.6 Å². The molecule has 3 heterocycles. The summed E-state index contributed by atoms with van der Waals surface area (Å²) in [6.07, 6.45) is 8.99. The molecule has 3 rings (SSSR count). The molecule has 1 aromatic rings. The second-order valence-electron chi connectivity index (χ2n) is 6.15. The zero-order chi connectivity index (χ0) is 13.2. The van der Waals surface area contributed by atoms with Crippen molar-refractivity contribution < 1.29 is 0 Å². The summed E-state index contributed by atoms with van der Waals surface area (Å²) in [7, 11) is 2.02. The van der Waals surface area contributed by atoms with Gasteiger partial charge in [0.1, 0.15) is 0 Å². The summed E-state index contributed by atoms with van der Waals surface area (Å²) in [5.41, 5.74) is 2.58. The van der Waals surface area contributed by atoms with Crippen LogP contribution in [0.2, 0.25) is 0 Å². The number of aryl methyl sites for hydroxylation is 2. The van der Waals surface area contributed by atoms with Crippen LogP contribution in [0, 0.1) is 6.92 Å². The van der Waals surface area contributed by atoms with Crippen LogP contribution in [0.5, 0.6) is 0 Å². The summed E-state index contributed by atoms with van der Waals surface area (Å²) >= 11 is 0. The molecule has 2 atom stereocenters. The third-order valence-electron chi connectivity index (χ3n) is 4.72. The van der Waals surface area contributed by atoms with E-state index in [4.69, 9.17) is 0 Å². The molecule has 0 saturated carbocycles. The van der Waals surface area contributed by atoms with E-state index in [0.29, 0.717) is 0 Å². The highest BCUT2D eigenvalue weighted by atomic mass is 15.3. The maximum Gasteiger partial charge on any atom is 0.0638 e. The number of hydrogen-bond donors (Lipinski definition) is 1. The Kier molecular flexibility index (Phi) is 3.89. The van der Waals surface area contributed by atoms with Crippen LogP contribution in [-0.4, -0.2) is 39.9 Å². The minimum atomic E-state index is 0.720. The van der Waals surface area contributed by atoms with Crippen LogP contribution in [0.1, 0.15) is 43.4 Å². The van der Waals surface area contributed by atoms with Gasteiger partial charge < -0.3 is 5.32 Å². The van der Waals surface area contributed by atoms with Crippen molar-refractivity contribution in [2.45, 2.75) is 57.7 Å². The van der Waals surface area contributed by atoms with Crippen LogP contribution < -0.4 is 5.32 Å². The van der Waals surface area contributed by atoms with Gasteiger partial charge in [0.25, 0.3) is 0 Å². The molecule has 0 radical (unpaired) electrons. The van der Waals surface area contributed by atoms with Crippen molar-refractivity contribution >= 4 is 0 Å². The molecule has 1 N–H and O–H groups in total. The van der Waals surface area contributed by atoms with E-state index in [2.05, 4.69) is 28.4 Å². The zero-order valence-electron chi connectivity index (χ0n) is 12.2. The second kappa shape index (κ2) is 5.63. The average Bonchev–Trinajstić information content (AvgIpc) is 3.01. The highest BCUT2D eigenvalue weighted by molar-refractivity contribution is 5.15. The first kappa shape index (κ1) is 13.1. The van der Waals surface area contributed by atoms with E-state index in [1.165, 1.54) is 56.5 Å². The summed E-state index contributed by atoms with van der Waals surface area (Å²) in [6, 6.07) is 1.45. The molecule has 106 valence electrons.